The molecular weight excluding hydrogens is 476 g/mol. The van der Waals surface area contributed by atoms with Crippen molar-refractivity contribution >= 4 is 23.2 Å². The van der Waals surface area contributed by atoms with E-state index >= 15 is 0 Å². The van der Waals surface area contributed by atoms with Crippen molar-refractivity contribution in [1.82, 2.24) is 0 Å². The Hall–Kier alpha value is -4.40. The fourth-order valence-electron chi connectivity index (χ4n) is 4.84. The molecule has 2 unspecified atom stereocenters. The summed E-state index contributed by atoms with van der Waals surface area (Å²) in [6, 6.07) is 17.4. The van der Waals surface area contributed by atoms with Gasteiger partial charge in [-0.3, -0.25) is 9.59 Å². The Morgan fingerprint density at radius 1 is 0.892 bits per heavy atom. The fourth-order valence-corrected chi connectivity index (χ4v) is 4.84. The van der Waals surface area contributed by atoms with Crippen LogP contribution in [0.2, 0.25) is 0 Å². The van der Waals surface area contributed by atoms with Crippen LogP contribution in [-0.2, 0) is 9.59 Å². The normalized spacial score (nSPS) is 18.4. The molecule has 2 aliphatic heterocycles. The van der Waals surface area contributed by atoms with Crippen LogP contribution in [0.25, 0.3) is 0 Å². The Kier molecular flexibility index (Phi) is 6.76. The lowest BCUT2D eigenvalue weighted by Crippen LogP contribution is -2.47. The van der Waals surface area contributed by atoms with Gasteiger partial charge >= 0.3 is 0 Å². The molecule has 9 nitrogen and oxygen atoms in total. The highest BCUT2D eigenvalue weighted by Crippen LogP contribution is 2.43. The number of ether oxygens (including phenoxy) is 5. The molecular formula is C28H28N2O7. The summed E-state index contributed by atoms with van der Waals surface area (Å²) in [5.41, 5.74) is 2.02. The molecule has 0 aromatic heterocycles. The zero-order chi connectivity index (χ0) is 25.9. The molecule has 5 rings (SSSR count). The lowest BCUT2D eigenvalue weighted by atomic mass is 9.83. The molecule has 1 N–H and O–H groups in total. The third kappa shape index (κ3) is 4.72. The van der Waals surface area contributed by atoms with Gasteiger partial charge in [0, 0.05) is 23.9 Å². The molecule has 3 aromatic rings. The van der Waals surface area contributed by atoms with E-state index in [4.69, 9.17) is 23.7 Å². The number of hydrogen-bond acceptors (Lipinski definition) is 7. The van der Waals surface area contributed by atoms with Gasteiger partial charge in [-0.15, -0.1) is 0 Å². The molecule has 9 heteroatoms. The van der Waals surface area contributed by atoms with Crippen LogP contribution < -0.4 is 33.9 Å². The van der Waals surface area contributed by atoms with Crippen molar-refractivity contribution in [3.63, 3.8) is 0 Å². The van der Waals surface area contributed by atoms with Gasteiger partial charge in [-0.1, -0.05) is 6.07 Å². The van der Waals surface area contributed by atoms with E-state index in [0.717, 1.165) is 5.56 Å². The summed E-state index contributed by atoms with van der Waals surface area (Å²) in [6.45, 7) is 0.148. The van der Waals surface area contributed by atoms with Gasteiger partial charge in [0.05, 0.1) is 33.3 Å². The summed E-state index contributed by atoms with van der Waals surface area (Å²) in [5.74, 6) is 2.15. The van der Waals surface area contributed by atoms with Crippen LogP contribution >= 0.6 is 0 Å². The summed E-state index contributed by atoms with van der Waals surface area (Å²) in [4.78, 5) is 28.7. The predicted molar refractivity (Wildman–Crippen MR) is 137 cm³/mol. The summed E-state index contributed by atoms with van der Waals surface area (Å²) >= 11 is 0. The van der Waals surface area contributed by atoms with Gasteiger partial charge < -0.3 is 33.9 Å². The van der Waals surface area contributed by atoms with Crippen LogP contribution in [0.15, 0.2) is 60.7 Å². The third-order valence-corrected chi connectivity index (χ3v) is 6.67. The number of benzene rings is 3. The average molecular weight is 505 g/mol. The van der Waals surface area contributed by atoms with Gasteiger partial charge in [0.1, 0.15) is 5.75 Å². The first kappa shape index (κ1) is 24.3. The Balaban J connectivity index is 1.53. The zero-order valence-corrected chi connectivity index (χ0v) is 20.9. The molecule has 0 spiro atoms. The predicted octanol–water partition coefficient (Wildman–Crippen LogP) is 4.56. The summed E-state index contributed by atoms with van der Waals surface area (Å²) in [7, 11) is 4.70. The molecule has 0 radical (unpaired) electrons. The molecule has 2 aliphatic rings. The summed E-state index contributed by atoms with van der Waals surface area (Å²) in [6.07, 6.45) is 0.621. The monoisotopic (exact) mass is 504 g/mol. The number of carbonyl (C=O) groups is 2. The number of carbonyl (C=O) groups excluding carboxylic acids is 2. The highest BCUT2D eigenvalue weighted by atomic mass is 16.7. The third-order valence-electron chi connectivity index (χ3n) is 6.67. The number of fused-ring (bicyclic) bond motifs is 1. The maximum Gasteiger partial charge on any atom is 0.231 e. The smallest absolute Gasteiger partial charge is 0.231 e. The number of amides is 2. The molecule has 0 saturated carbocycles. The fraction of sp³-hybridized carbons (Fsp3) is 0.286. The highest BCUT2D eigenvalue weighted by Gasteiger charge is 2.42. The number of rotatable bonds is 7. The first-order valence-corrected chi connectivity index (χ1v) is 11.9. The van der Waals surface area contributed by atoms with Crippen LogP contribution in [0.4, 0.5) is 11.4 Å². The van der Waals surface area contributed by atoms with Crippen molar-refractivity contribution in [3.05, 3.63) is 66.2 Å². The standard InChI is InChI=1S/C28H28N2O7/c1-33-20-8-6-19(7-9-20)30-26(31)13-10-21(27(30)17-4-11-22(34-2)24(14-17)35-3)28(32)29-18-5-12-23-25(15-18)37-16-36-23/h4-9,11-12,14-15,21,27H,10,13,16H2,1-3H3,(H,29,32). The number of hydrogen-bond donors (Lipinski definition) is 1. The number of methoxy groups -OCH3 is 3. The van der Waals surface area contributed by atoms with E-state index in [2.05, 4.69) is 5.32 Å². The van der Waals surface area contributed by atoms with Crippen LogP contribution in [-0.4, -0.2) is 39.9 Å². The number of piperidine rings is 1. The van der Waals surface area contributed by atoms with Crippen molar-refractivity contribution in [2.45, 2.75) is 18.9 Å². The summed E-state index contributed by atoms with van der Waals surface area (Å²) < 4.78 is 27.0. The topological polar surface area (TPSA) is 95.6 Å². The first-order chi connectivity index (χ1) is 18.0. The van der Waals surface area contributed by atoms with Crippen molar-refractivity contribution < 1.29 is 33.3 Å². The minimum absolute atomic E-state index is 0.0721. The van der Waals surface area contributed by atoms with E-state index < -0.39 is 12.0 Å². The molecule has 3 aromatic carbocycles. The molecule has 0 aliphatic carbocycles. The van der Waals surface area contributed by atoms with Crippen molar-refractivity contribution in [2.75, 3.05) is 38.3 Å². The zero-order valence-electron chi connectivity index (χ0n) is 20.9. The molecule has 2 atom stereocenters. The van der Waals surface area contributed by atoms with Gasteiger partial charge in [-0.2, -0.15) is 0 Å². The van der Waals surface area contributed by atoms with Crippen LogP contribution in [0.3, 0.4) is 0 Å². The lowest BCUT2D eigenvalue weighted by molar-refractivity contribution is -0.125. The van der Waals surface area contributed by atoms with Crippen molar-refractivity contribution in [2.24, 2.45) is 5.92 Å². The molecule has 37 heavy (non-hydrogen) atoms. The molecule has 1 fully saturated rings. The van der Waals surface area contributed by atoms with Crippen molar-refractivity contribution in [1.29, 1.82) is 0 Å². The lowest BCUT2D eigenvalue weighted by Gasteiger charge is -2.41. The second-order valence-electron chi connectivity index (χ2n) is 8.72. The maximum absolute atomic E-state index is 13.7. The molecule has 1 saturated heterocycles. The van der Waals surface area contributed by atoms with E-state index in [1.807, 2.05) is 24.3 Å². The molecule has 0 bridgehead atoms. The van der Waals surface area contributed by atoms with E-state index in [0.29, 0.717) is 46.5 Å². The second-order valence-corrected chi connectivity index (χ2v) is 8.72. The number of nitrogens with one attached hydrogen (secondary N) is 1. The minimum Gasteiger partial charge on any atom is -0.497 e. The highest BCUT2D eigenvalue weighted by molar-refractivity contribution is 6.00. The van der Waals surface area contributed by atoms with E-state index in [1.165, 1.54) is 0 Å². The van der Waals surface area contributed by atoms with E-state index in [9.17, 15) is 9.59 Å². The van der Waals surface area contributed by atoms with E-state index in [1.54, 1.807) is 62.6 Å². The molecule has 2 amide bonds. The molecule has 2 heterocycles. The van der Waals surface area contributed by atoms with Crippen LogP contribution in [0.5, 0.6) is 28.7 Å². The molecule has 192 valence electrons. The van der Waals surface area contributed by atoms with Gasteiger partial charge in [0.25, 0.3) is 0 Å². The number of nitrogens with zero attached hydrogens (tertiary/aromatic N) is 1. The van der Waals surface area contributed by atoms with Gasteiger partial charge in [0.2, 0.25) is 18.6 Å². The van der Waals surface area contributed by atoms with Gasteiger partial charge in [-0.25, -0.2) is 0 Å². The Bertz CT molecular complexity index is 1310. The Labute approximate surface area is 214 Å². The minimum atomic E-state index is -0.580. The van der Waals surface area contributed by atoms with E-state index in [-0.39, 0.29) is 25.0 Å². The van der Waals surface area contributed by atoms with Crippen LogP contribution in [0, 0.1) is 5.92 Å². The second kappa shape index (κ2) is 10.3. The SMILES string of the molecule is COc1ccc(N2C(=O)CCC(C(=O)Nc3ccc4c(c3)OCO4)C2c2ccc(OC)c(OC)c2)cc1. The number of anilines is 2. The van der Waals surface area contributed by atoms with Gasteiger partial charge in [-0.05, 0) is 60.5 Å². The average Bonchev–Trinajstić information content (AvgIpc) is 3.40. The maximum atomic E-state index is 13.7. The van der Waals surface area contributed by atoms with Crippen LogP contribution in [0.1, 0.15) is 24.4 Å². The largest absolute Gasteiger partial charge is 0.497 e. The van der Waals surface area contributed by atoms with Gasteiger partial charge in [0.15, 0.2) is 23.0 Å². The Morgan fingerprint density at radius 2 is 1.65 bits per heavy atom. The Morgan fingerprint density at radius 3 is 2.38 bits per heavy atom. The first-order valence-electron chi connectivity index (χ1n) is 11.9. The quantitative estimate of drug-likeness (QED) is 0.504. The summed E-state index contributed by atoms with van der Waals surface area (Å²) in [5, 5.41) is 3.01. The van der Waals surface area contributed by atoms with Crippen molar-refractivity contribution in [3.8, 4) is 28.7 Å².